The number of benzene rings is 1. The van der Waals surface area contributed by atoms with Gasteiger partial charge in [0.2, 0.25) is 0 Å². The molecule has 1 saturated carbocycles. The third-order valence-electron chi connectivity index (χ3n) is 3.78. The largest absolute Gasteiger partial charge is 0.416 e. The van der Waals surface area contributed by atoms with Gasteiger partial charge >= 0.3 is 6.18 Å². The summed E-state index contributed by atoms with van der Waals surface area (Å²) in [7, 11) is 0. The summed E-state index contributed by atoms with van der Waals surface area (Å²) in [5, 5.41) is 9.68. The molecule has 0 heterocycles. The first-order chi connectivity index (χ1) is 7.48. The Kier molecular flexibility index (Phi) is 1.90. The van der Waals surface area contributed by atoms with E-state index in [0.717, 1.165) is 6.07 Å². The van der Waals surface area contributed by atoms with Crippen molar-refractivity contribution in [2.24, 2.45) is 0 Å². The van der Waals surface area contributed by atoms with E-state index in [4.69, 9.17) is 0 Å². The minimum absolute atomic E-state index is 0.0812. The molecule has 3 atom stereocenters. The maximum atomic E-state index is 12.8. The minimum Gasteiger partial charge on any atom is -0.392 e. The Bertz CT molecular complexity index is 438. The lowest BCUT2D eigenvalue weighted by Gasteiger charge is -2.23. The van der Waals surface area contributed by atoms with Gasteiger partial charge in [-0.1, -0.05) is 12.1 Å². The molecule has 2 aliphatic rings. The lowest BCUT2D eigenvalue weighted by Crippen LogP contribution is -2.19. The van der Waals surface area contributed by atoms with E-state index in [0.29, 0.717) is 24.0 Å². The summed E-state index contributed by atoms with van der Waals surface area (Å²) < 4.78 is 38.4. The molecule has 86 valence electrons. The molecule has 2 bridgehead atoms. The van der Waals surface area contributed by atoms with Crippen molar-refractivity contribution in [3.8, 4) is 0 Å². The number of aliphatic hydroxyl groups is 1. The number of aliphatic hydroxyl groups excluding tert-OH is 1. The van der Waals surface area contributed by atoms with E-state index in [-0.39, 0.29) is 11.8 Å². The monoisotopic (exact) mass is 228 g/mol. The molecule has 0 saturated heterocycles. The molecule has 1 aromatic carbocycles. The van der Waals surface area contributed by atoms with E-state index in [2.05, 4.69) is 0 Å². The molecule has 1 N–H and O–H groups in total. The van der Waals surface area contributed by atoms with Crippen LogP contribution in [-0.4, -0.2) is 11.2 Å². The Hall–Kier alpha value is -1.03. The highest BCUT2D eigenvalue weighted by Crippen LogP contribution is 2.55. The van der Waals surface area contributed by atoms with Crippen LogP contribution >= 0.6 is 0 Å². The molecular weight excluding hydrogens is 217 g/mol. The zero-order chi connectivity index (χ0) is 11.5. The molecule has 16 heavy (non-hydrogen) atoms. The standard InChI is InChI=1S/C12H11F3O/c13-12(14,15)9-3-1-2-7-8-4-6(11(7)9)5-10(8)16/h1-3,6,8,10,16H,4-5H2/t6-,8+,10-/m1/s1. The second kappa shape index (κ2) is 3.00. The zero-order valence-corrected chi connectivity index (χ0v) is 8.46. The maximum absolute atomic E-state index is 12.8. The summed E-state index contributed by atoms with van der Waals surface area (Å²) in [6.07, 6.45) is -3.59. The Morgan fingerprint density at radius 3 is 2.62 bits per heavy atom. The SMILES string of the molecule is O[C@@H]1C[C@H]2C[C@H]1c1cccc(C(F)(F)F)c12. The number of halogens is 3. The van der Waals surface area contributed by atoms with Crippen LogP contribution in [0.5, 0.6) is 0 Å². The zero-order valence-electron chi connectivity index (χ0n) is 8.46. The quantitative estimate of drug-likeness (QED) is 0.723. The van der Waals surface area contributed by atoms with Crippen LogP contribution in [0.25, 0.3) is 0 Å². The summed E-state index contributed by atoms with van der Waals surface area (Å²) in [4.78, 5) is 0. The number of alkyl halides is 3. The highest BCUT2D eigenvalue weighted by atomic mass is 19.4. The topological polar surface area (TPSA) is 20.2 Å². The summed E-state index contributed by atoms with van der Waals surface area (Å²) in [5.74, 6) is -0.185. The van der Waals surface area contributed by atoms with E-state index in [1.807, 2.05) is 0 Å². The molecule has 0 radical (unpaired) electrons. The van der Waals surface area contributed by atoms with Gasteiger partial charge < -0.3 is 5.11 Å². The molecule has 1 nitrogen and oxygen atoms in total. The van der Waals surface area contributed by atoms with Crippen molar-refractivity contribution in [2.45, 2.75) is 37.0 Å². The summed E-state index contributed by atoms with van der Waals surface area (Å²) >= 11 is 0. The lowest BCUT2D eigenvalue weighted by molar-refractivity contribution is -0.138. The first-order valence-electron chi connectivity index (χ1n) is 5.36. The highest BCUT2D eigenvalue weighted by molar-refractivity contribution is 5.48. The molecule has 0 aliphatic heterocycles. The predicted molar refractivity (Wildman–Crippen MR) is 52.2 cm³/mol. The van der Waals surface area contributed by atoms with Crippen molar-refractivity contribution in [1.29, 1.82) is 0 Å². The van der Waals surface area contributed by atoms with Gasteiger partial charge in [-0.3, -0.25) is 0 Å². The molecule has 0 spiro atoms. The van der Waals surface area contributed by atoms with E-state index in [1.165, 1.54) is 6.07 Å². The van der Waals surface area contributed by atoms with Gasteiger partial charge in [0, 0.05) is 5.92 Å². The third-order valence-corrected chi connectivity index (χ3v) is 3.78. The number of hydrogen-bond donors (Lipinski definition) is 1. The molecular formula is C12H11F3O. The van der Waals surface area contributed by atoms with Gasteiger partial charge in [-0.2, -0.15) is 13.2 Å². The van der Waals surface area contributed by atoms with Crippen molar-refractivity contribution in [3.05, 3.63) is 34.9 Å². The minimum atomic E-state index is -4.28. The van der Waals surface area contributed by atoms with Crippen molar-refractivity contribution in [2.75, 3.05) is 0 Å². The van der Waals surface area contributed by atoms with Crippen LogP contribution in [0.1, 0.15) is 41.4 Å². The third kappa shape index (κ3) is 1.22. The molecule has 3 rings (SSSR count). The summed E-state index contributed by atoms with van der Waals surface area (Å²) in [6, 6.07) is 4.30. The first kappa shape index (κ1) is 10.1. The number of hydrogen-bond acceptors (Lipinski definition) is 1. The second-order valence-corrected chi connectivity index (χ2v) is 4.65. The molecule has 1 fully saturated rings. The van der Waals surface area contributed by atoms with Gasteiger partial charge in [-0.25, -0.2) is 0 Å². The van der Waals surface area contributed by atoms with Crippen molar-refractivity contribution in [3.63, 3.8) is 0 Å². The average molecular weight is 228 g/mol. The maximum Gasteiger partial charge on any atom is 0.416 e. The Balaban J connectivity index is 2.17. The van der Waals surface area contributed by atoms with E-state index >= 15 is 0 Å². The number of fused-ring (bicyclic) bond motifs is 5. The fourth-order valence-electron chi connectivity index (χ4n) is 3.19. The van der Waals surface area contributed by atoms with Crippen LogP contribution in [0, 0.1) is 0 Å². The van der Waals surface area contributed by atoms with E-state index < -0.39 is 17.8 Å². The Labute approximate surface area is 90.9 Å². The van der Waals surface area contributed by atoms with Crippen LogP contribution in [0.4, 0.5) is 13.2 Å². The Morgan fingerprint density at radius 2 is 1.94 bits per heavy atom. The fraction of sp³-hybridized carbons (Fsp3) is 0.500. The van der Waals surface area contributed by atoms with Gasteiger partial charge in [0.25, 0.3) is 0 Å². The highest BCUT2D eigenvalue weighted by Gasteiger charge is 2.47. The number of rotatable bonds is 0. The van der Waals surface area contributed by atoms with Gasteiger partial charge in [-0.05, 0) is 36.0 Å². The molecule has 0 unspecified atom stereocenters. The van der Waals surface area contributed by atoms with Crippen LogP contribution in [0.3, 0.4) is 0 Å². The molecule has 2 aliphatic carbocycles. The van der Waals surface area contributed by atoms with Crippen LogP contribution in [0.2, 0.25) is 0 Å². The smallest absolute Gasteiger partial charge is 0.392 e. The summed E-state index contributed by atoms with van der Waals surface area (Å²) in [5.41, 5.74) is 0.633. The molecule has 1 aromatic rings. The van der Waals surface area contributed by atoms with E-state index in [1.54, 1.807) is 6.07 Å². The van der Waals surface area contributed by atoms with Crippen LogP contribution < -0.4 is 0 Å². The van der Waals surface area contributed by atoms with Gasteiger partial charge in [-0.15, -0.1) is 0 Å². The predicted octanol–water partition coefficient (Wildman–Crippen LogP) is 3.04. The van der Waals surface area contributed by atoms with Crippen molar-refractivity contribution < 1.29 is 18.3 Å². The van der Waals surface area contributed by atoms with Gasteiger partial charge in [0.15, 0.2) is 0 Å². The van der Waals surface area contributed by atoms with Crippen LogP contribution in [0.15, 0.2) is 18.2 Å². The van der Waals surface area contributed by atoms with Crippen molar-refractivity contribution in [1.82, 2.24) is 0 Å². The fourth-order valence-corrected chi connectivity index (χ4v) is 3.19. The average Bonchev–Trinajstić information content (AvgIpc) is 2.73. The molecule has 0 aromatic heterocycles. The van der Waals surface area contributed by atoms with Gasteiger partial charge in [0.05, 0.1) is 11.7 Å². The van der Waals surface area contributed by atoms with E-state index in [9.17, 15) is 18.3 Å². The van der Waals surface area contributed by atoms with Gasteiger partial charge in [0.1, 0.15) is 0 Å². The first-order valence-corrected chi connectivity index (χ1v) is 5.36. The van der Waals surface area contributed by atoms with Crippen LogP contribution in [-0.2, 0) is 6.18 Å². The normalized spacial score (nSPS) is 31.9. The second-order valence-electron chi connectivity index (χ2n) is 4.65. The summed E-state index contributed by atoms with van der Waals surface area (Å²) in [6.45, 7) is 0. The molecule has 4 heteroatoms. The van der Waals surface area contributed by atoms with Crippen molar-refractivity contribution >= 4 is 0 Å². The molecule has 0 amide bonds. The Morgan fingerprint density at radius 1 is 1.19 bits per heavy atom. The lowest BCUT2D eigenvalue weighted by atomic mass is 9.86.